The van der Waals surface area contributed by atoms with Crippen LogP contribution in [0.3, 0.4) is 0 Å². The van der Waals surface area contributed by atoms with Gasteiger partial charge in [-0.2, -0.15) is 0 Å². The molecule has 0 N–H and O–H groups in total. The van der Waals surface area contributed by atoms with E-state index in [1.807, 2.05) is 19.3 Å². The lowest BCUT2D eigenvalue weighted by Gasteiger charge is -2.29. The van der Waals surface area contributed by atoms with Gasteiger partial charge in [0, 0.05) is 79.8 Å². The maximum absolute atomic E-state index is 5.00. The predicted molar refractivity (Wildman–Crippen MR) is 410 cm³/mol. The summed E-state index contributed by atoms with van der Waals surface area (Å²) in [5.41, 5.74) is 16.5. The smallest absolute Gasteiger partial charge is 0.0541 e. The summed E-state index contributed by atoms with van der Waals surface area (Å²) in [4.78, 5) is 9.71. The monoisotopic (exact) mass is 1220 g/mol. The lowest BCUT2D eigenvalue weighted by molar-refractivity contribution is 1.06. The molecule has 0 saturated heterocycles. The van der Waals surface area contributed by atoms with Crippen LogP contribution in [0.1, 0.15) is 37.5 Å². The van der Waals surface area contributed by atoms with Gasteiger partial charge in [0.05, 0.1) is 21.9 Å². The third-order valence-electron chi connectivity index (χ3n) is 18.3. The van der Waals surface area contributed by atoms with Gasteiger partial charge >= 0.3 is 0 Å². The van der Waals surface area contributed by atoms with Gasteiger partial charge in [-0.3, -0.25) is 4.99 Å². The van der Waals surface area contributed by atoms with Crippen molar-refractivity contribution in [1.82, 2.24) is 9.13 Å². The molecule has 0 atom stereocenters. The van der Waals surface area contributed by atoms with E-state index < -0.39 is 0 Å². The number of fused-ring (bicyclic) bond motifs is 8. The SMILES string of the molecule is C=C(C=N/C=C(\C)c1cc(-n2/c(=C/C=C\C)c(=C)c3ccccc32)cc(-n2c3ccccc3c3ccccc32)c1)c1ccc(C(=C/C)/C=C(\C=C\N(c2ccc3ccccc3c2)c2ccc3ccccc3c2)N(c2ccc3ccccc3c2)c2ccc3ccccc3c2)cc1. The number of benzene rings is 13. The van der Waals surface area contributed by atoms with Crippen molar-refractivity contribution in [1.29, 1.82) is 0 Å². The number of anilines is 4. The largest absolute Gasteiger partial charge is 0.317 e. The second-order valence-electron chi connectivity index (χ2n) is 24.2. The lowest BCUT2D eigenvalue weighted by Crippen LogP contribution is -2.27. The van der Waals surface area contributed by atoms with Gasteiger partial charge in [0.25, 0.3) is 0 Å². The summed E-state index contributed by atoms with van der Waals surface area (Å²) in [7, 11) is 0. The first kappa shape index (κ1) is 59.0. The number of nitrogens with zero attached hydrogens (tertiary/aromatic N) is 5. The van der Waals surface area contributed by atoms with Crippen molar-refractivity contribution in [2.75, 3.05) is 9.80 Å². The second kappa shape index (κ2) is 25.8. The molecule has 0 fully saturated rings. The van der Waals surface area contributed by atoms with E-state index in [1.165, 1.54) is 43.1 Å². The van der Waals surface area contributed by atoms with Gasteiger partial charge in [-0.25, -0.2) is 0 Å². The highest BCUT2D eigenvalue weighted by atomic mass is 15.2. The summed E-state index contributed by atoms with van der Waals surface area (Å²) < 4.78 is 4.73. The van der Waals surface area contributed by atoms with E-state index in [4.69, 9.17) is 4.99 Å². The van der Waals surface area contributed by atoms with Crippen molar-refractivity contribution in [3.05, 3.63) is 367 Å². The molecule has 2 aromatic heterocycles. The Balaban J connectivity index is 0.808. The van der Waals surface area contributed by atoms with Crippen molar-refractivity contribution >= 4 is 134 Å². The van der Waals surface area contributed by atoms with E-state index in [0.717, 1.165) is 117 Å². The summed E-state index contributed by atoms with van der Waals surface area (Å²) in [6, 6.07) is 103. The Labute approximate surface area is 554 Å². The molecule has 0 saturated carbocycles. The van der Waals surface area contributed by atoms with Crippen LogP contribution in [-0.4, -0.2) is 15.3 Å². The minimum absolute atomic E-state index is 0.800. The molecule has 0 aliphatic carbocycles. The van der Waals surface area contributed by atoms with Crippen LogP contribution < -0.4 is 20.4 Å². The fourth-order valence-corrected chi connectivity index (χ4v) is 13.4. The Morgan fingerprint density at radius 1 is 0.432 bits per heavy atom. The quantitative estimate of drug-likeness (QED) is 0.0713. The van der Waals surface area contributed by atoms with Gasteiger partial charge in [0.1, 0.15) is 0 Å². The van der Waals surface area contributed by atoms with Gasteiger partial charge in [0.15, 0.2) is 0 Å². The fourth-order valence-electron chi connectivity index (χ4n) is 13.4. The number of allylic oxidation sites excluding steroid dienone is 8. The minimum atomic E-state index is 0.800. The highest BCUT2D eigenvalue weighted by Gasteiger charge is 2.20. The molecular weight excluding hydrogens is 1150 g/mol. The number of rotatable bonds is 16. The molecule has 0 bridgehead atoms. The molecule has 15 rings (SSSR count). The van der Waals surface area contributed by atoms with Crippen molar-refractivity contribution < 1.29 is 0 Å². The predicted octanol–water partition coefficient (Wildman–Crippen LogP) is 22.7. The minimum Gasteiger partial charge on any atom is -0.317 e. The summed E-state index contributed by atoms with van der Waals surface area (Å²) in [6.45, 7) is 15.5. The molecular formula is C90H69N5. The molecule has 0 spiro atoms. The Morgan fingerprint density at radius 2 is 0.863 bits per heavy atom. The zero-order chi connectivity index (χ0) is 64.4. The van der Waals surface area contributed by atoms with Crippen molar-refractivity contribution in [3.8, 4) is 11.4 Å². The fraction of sp³-hybridized carbons (Fsp3) is 0.0333. The molecule has 5 heteroatoms. The highest BCUT2D eigenvalue weighted by molar-refractivity contribution is 6.10. The van der Waals surface area contributed by atoms with Gasteiger partial charge in [0.2, 0.25) is 0 Å². The second-order valence-corrected chi connectivity index (χ2v) is 24.2. The molecule has 13 aromatic carbocycles. The van der Waals surface area contributed by atoms with E-state index in [2.05, 4.69) is 374 Å². The molecule has 2 heterocycles. The number of aliphatic imine (C=N–C) groups is 1. The average Bonchev–Trinajstić information content (AvgIpc) is 1.61. The van der Waals surface area contributed by atoms with E-state index in [9.17, 15) is 0 Å². The zero-order valence-electron chi connectivity index (χ0n) is 53.5. The Bertz CT molecular complexity index is 5610. The first-order chi connectivity index (χ1) is 46.7. The standard InChI is InChI=1S/C90H69N5/c1-6-8-34-87-64(5)84-31-17-20-35-88(84)94(87)82-57-76(58-83(59-82)95-89-36-21-18-32-85(89)86-33-19-22-37-90(86)95)63(4)61-91-60-62(3)66-38-40-71(41-39-66)65(7-2)52-81(93(79-48-44-69-25-11-15-29-74(69)55-79)80-49-45-70-26-12-16-30-75(70)56-80)50-51-92(77-46-42-67-23-9-13-27-72(67)53-77)78-47-43-68-24-10-14-28-73(68)54-78/h6-61H,3,5H2,1-2,4H3/b8-6-,51-50+,63-61+,65-7+,81-52+,87-34+,91-60?. The summed E-state index contributed by atoms with van der Waals surface area (Å²) >= 11 is 0. The van der Waals surface area contributed by atoms with Crippen LogP contribution in [0.25, 0.3) is 117 Å². The molecule has 454 valence electrons. The third kappa shape index (κ3) is 11.6. The van der Waals surface area contributed by atoms with Gasteiger partial charge in [-0.1, -0.05) is 232 Å². The molecule has 0 unspecified atom stereocenters. The average molecular weight is 1220 g/mol. The lowest BCUT2D eigenvalue weighted by atomic mass is 9.99. The maximum Gasteiger partial charge on any atom is 0.0541 e. The Kier molecular flexibility index (Phi) is 16.0. The normalized spacial score (nSPS) is 12.8. The van der Waals surface area contributed by atoms with Crippen LogP contribution in [0.5, 0.6) is 0 Å². The topological polar surface area (TPSA) is 28.7 Å². The van der Waals surface area contributed by atoms with Crippen LogP contribution in [0.4, 0.5) is 22.7 Å². The van der Waals surface area contributed by atoms with Gasteiger partial charge in [-0.05, 0) is 200 Å². The zero-order valence-corrected chi connectivity index (χ0v) is 53.5. The van der Waals surface area contributed by atoms with E-state index >= 15 is 0 Å². The Hall–Kier alpha value is -12.3. The molecule has 15 aromatic rings. The third-order valence-corrected chi connectivity index (χ3v) is 18.3. The summed E-state index contributed by atoms with van der Waals surface area (Å²) in [6.07, 6.45) is 19.2. The molecule has 5 nitrogen and oxygen atoms in total. The van der Waals surface area contributed by atoms with Crippen LogP contribution in [0.2, 0.25) is 0 Å². The molecule has 0 aliphatic heterocycles. The Morgan fingerprint density at radius 3 is 1.37 bits per heavy atom. The maximum atomic E-state index is 5.00. The van der Waals surface area contributed by atoms with Crippen LogP contribution >= 0.6 is 0 Å². The first-order valence-electron chi connectivity index (χ1n) is 32.4. The number of aromatic nitrogens is 2. The van der Waals surface area contributed by atoms with Crippen molar-refractivity contribution in [3.63, 3.8) is 0 Å². The van der Waals surface area contributed by atoms with Gasteiger partial charge in [-0.15, -0.1) is 0 Å². The first-order valence-corrected chi connectivity index (χ1v) is 32.4. The van der Waals surface area contributed by atoms with Crippen molar-refractivity contribution in [2.45, 2.75) is 20.8 Å². The van der Waals surface area contributed by atoms with Crippen LogP contribution in [-0.2, 0) is 0 Å². The van der Waals surface area contributed by atoms with Gasteiger partial charge < -0.3 is 18.9 Å². The molecule has 0 amide bonds. The van der Waals surface area contributed by atoms with E-state index in [1.54, 1.807) is 0 Å². The molecule has 0 radical (unpaired) electrons. The van der Waals surface area contributed by atoms with Crippen molar-refractivity contribution in [2.24, 2.45) is 4.99 Å². The summed E-state index contributed by atoms with van der Waals surface area (Å²) in [5, 5.41) is 15.0. The highest BCUT2D eigenvalue weighted by Crippen LogP contribution is 2.39. The van der Waals surface area contributed by atoms with E-state index in [0.29, 0.717) is 0 Å². The molecule has 0 aliphatic rings. The van der Waals surface area contributed by atoms with Crippen LogP contribution in [0, 0.1) is 0 Å². The van der Waals surface area contributed by atoms with E-state index in [-0.39, 0.29) is 0 Å². The summed E-state index contributed by atoms with van der Waals surface area (Å²) in [5.74, 6) is 0. The number of hydrogen-bond donors (Lipinski definition) is 0. The van der Waals surface area contributed by atoms with Crippen LogP contribution in [0.15, 0.2) is 345 Å². The number of hydrogen-bond acceptors (Lipinski definition) is 3. The number of para-hydroxylation sites is 3. The molecule has 95 heavy (non-hydrogen) atoms.